The summed E-state index contributed by atoms with van der Waals surface area (Å²) in [5.74, 6) is -0.579. The lowest BCUT2D eigenvalue weighted by Crippen LogP contribution is -2.48. The fourth-order valence-electron chi connectivity index (χ4n) is 1.85. The van der Waals surface area contributed by atoms with Crippen molar-refractivity contribution < 1.29 is 13.2 Å². The normalized spacial score (nSPS) is 16.6. The molecule has 8 heteroatoms. The Labute approximate surface area is 116 Å². The SMILES string of the molecule is CC(C)N1C(=O)c2cc(N=C=S)ccc2NS1(=O)=O. The van der Waals surface area contributed by atoms with E-state index in [9.17, 15) is 13.2 Å². The summed E-state index contributed by atoms with van der Waals surface area (Å²) in [5.41, 5.74) is 0.937. The molecule has 2 rings (SSSR count). The molecule has 1 aromatic carbocycles. The van der Waals surface area contributed by atoms with E-state index in [1.165, 1.54) is 12.1 Å². The van der Waals surface area contributed by atoms with Gasteiger partial charge in [-0.2, -0.15) is 13.4 Å². The number of aliphatic imine (C=N–C) groups is 1. The second kappa shape index (κ2) is 4.73. The Hall–Kier alpha value is -1.76. The third-order valence-electron chi connectivity index (χ3n) is 2.58. The van der Waals surface area contributed by atoms with Crippen molar-refractivity contribution in [3.05, 3.63) is 23.8 Å². The number of rotatable bonds is 2. The highest BCUT2D eigenvalue weighted by molar-refractivity contribution is 7.91. The van der Waals surface area contributed by atoms with Gasteiger partial charge in [0.05, 0.1) is 22.1 Å². The van der Waals surface area contributed by atoms with Crippen molar-refractivity contribution in [2.24, 2.45) is 4.99 Å². The Bertz CT molecular complexity index is 691. The van der Waals surface area contributed by atoms with Crippen LogP contribution in [0.2, 0.25) is 0 Å². The van der Waals surface area contributed by atoms with Crippen LogP contribution < -0.4 is 4.72 Å². The van der Waals surface area contributed by atoms with E-state index in [-0.39, 0.29) is 11.3 Å². The van der Waals surface area contributed by atoms with Crippen molar-refractivity contribution in [1.29, 1.82) is 0 Å². The highest BCUT2D eigenvalue weighted by atomic mass is 32.2. The molecule has 1 N–H and O–H groups in total. The van der Waals surface area contributed by atoms with Crippen LogP contribution in [0.5, 0.6) is 0 Å². The molecule has 0 aliphatic carbocycles. The second-order valence-corrected chi connectivity index (χ2v) is 5.97. The minimum atomic E-state index is -3.84. The number of benzene rings is 1. The highest BCUT2D eigenvalue weighted by Crippen LogP contribution is 2.30. The topological polar surface area (TPSA) is 78.8 Å². The van der Waals surface area contributed by atoms with Crippen molar-refractivity contribution in [1.82, 2.24) is 4.31 Å². The van der Waals surface area contributed by atoms with Gasteiger partial charge in [0, 0.05) is 6.04 Å². The first-order valence-electron chi connectivity index (χ1n) is 5.45. The minimum absolute atomic E-state index is 0.241. The Morgan fingerprint density at radius 3 is 2.68 bits per heavy atom. The molecule has 1 aromatic rings. The fourth-order valence-corrected chi connectivity index (χ4v) is 3.38. The number of thiocarbonyl (C=S) groups is 1. The van der Waals surface area contributed by atoms with Crippen LogP contribution in [0.4, 0.5) is 11.4 Å². The van der Waals surface area contributed by atoms with Gasteiger partial charge in [0.1, 0.15) is 0 Å². The van der Waals surface area contributed by atoms with E-state index in [1.54, 1.807) is 19.9 Å². The number of hydrogen-bond donors (Lipinski definition) is 1. The predicted molar refractivity (Wildman–Crippen MR) is 75.0 cm³/mol. The largest absolute Gasteiger partial charge is 0.326 e. The fraction of sp³-hybridized carbons (Fsp3) is 0.273. The second-order valence-electron chi connectivity index (χ2n) is 4.23. The number of hydrogen-bond acceptors (Lipinski definition) is 5. The molecule has 1 heterocycles. The molecule has 19 heavy (non-hydrogen) atoms. The summed E-state index contributed by atoms with van der Waals surface area (Å²) in [6.45, 7) is 3.25. The van der Waals surface area contributed by atoms with Gasteiger partial charge in [-0.1, -0.05) is 0 Å². The first-order valence-corrected chi connectivity index (χ1v) is 7.30. The van der Waals surface area contributed by atoms with Gasteiger partial charge < -0.3 is 0 Å². The van der Waals surface area contributed by atoms with Gasteiger partial charge in [0.15, 0.2) is 0 Å². The number of carbonyl (C=O) groups excluding carboxylic acids is 1. The maximum absolute atomic E-state index is 12.2. The van der Waals surface area contributed by atoms with E-state index in [4.69, 9.17) is 0 Å². The lowest BCUT2D eigenvalue weighted by Gasteiger charge is -2.31. The molecule has 0 spiro atoms. The lowest BCUT2D eigenvalue weighted by atomic mass is 10.1. The first-order chi connectivity index (χ1) is 8.86. The van der Waals surface area contributed by atoms with Crippen LogP contribution in [0.15, 0.2) is 23.2 Å². The molecule has 0 fully saturated rings. The summed E-state index contributed by atoms with van der Waals surface area (Å²) < 4.78 is 27.1. The Balaban J connectivity index is 2.61. The molecule has 1 amide bonds. The van der Waals surface area contributed by atoms with Crippen LogP contribution >= 0.6 is 12.2 Å². The number of carbonyl (C=O) groups is 1. The van der Waals surface area contributed by atoms with Crippen molar-refractivity contribution in [3.8, 4) is 0 Å². The molecule has 1 aliphatic heterocycles. The van der Waals surface area contributed by atoms with E-state index in [0.717, 1.165) is 4.31 Å². The molecule has 0 saturated heterocycles. The summed E-state index contributed by atoms with van der Waals surface area (Å²) >= 11 is 4.50. The molecule has 0 saturated carbocycles. The van der Waals surface area contributed by atoms with Gasteiger partial charge >= 0.3 is 10.2 Å². The number of nitrogens with one attached hydrogen (secondary N) is 1. The maximum Gasteiger partial charge on any atom is 0.326 e. The minimum Gasteiger partial charge on any atom is -0.268 e. The van der Waals surface area contributed by atoms with Crippen LogP contribution in [0.3, 0.4) is 0 Å². The van der Waals surface area contributed by atoms with Gasteiger partial charge in [-0.25, -0.2) is 4.31 Å². The van der Waals surface area contributed by atoms with Crippen LogP contribution in [0, 0.1) is 0 Å². The van der Waals surface area contributed by atoms with Crippen molar-refractivity contribution in [3.63, 3.8) is 0 Å². The zero-order valence-electron chi connectivity index (χ0n) is 10.2. The van der Waals surface area contributed by atoms with Crippen molar-refractivity contribution in [2.45, 2.75) is 19.9 Å². The van der Waals surface area contributed by atoms with E-state index >= 15 is 0 Å². The Kier molecular flexibility index (Phi) is 3.40. The standard InChI is InChI=1S/C11H11N3O3S2/c1-7(2)14-11(15)9-5-8(12-6-18)3-4-10(9)13-19(14,16)17/h3-5,7,13H,1-2H3. The number of amides is 1. The van der Waals surface area contributed by atoms with Crippen molar-refractivity contribution in [2.75, 3.05) is 4.72 Å². The predicted octanol–water partition coefficient (Wildman–Crippen LogP) is 1.94. The lowest BCUT2D eigenvalue weighted by molar-refractivity contribution is 0.0834. The van der Waals surface area contributed by atoms with Crippen LogP contribution in [0.1, 0.15) is 24.2 Å². The first kappa shape index (κ1) is 13.7. The molecule has 1 aliphatic rings. The molecular weight excluding hydrogens is 286 g/mol. The average molecular weight is 297 g/mol. The number of anilines is 1. The number of isothiocyanates is 1. The summed E-state index contributed by atoms with van der Waals surface area (Å²) in [6.07, 6.45) is 0. The Morgan fingerprint density at radius 1 is 1.42 bits per heavy atom. The smallest absolute Gasteiger partial charge is 0.268 e. The quantitative estimate of drug-likeness (QED) is 0.668. The van der Waals surface area contributed by atoms with E-state index in [0.29, 0.717) is 5.69 Å². The van der Waals surface area contributed by atoms with Gasteiger partial charge in [0.25, 0.3) is 5.91 Å². The summed E-state index contributed by atoms with van der Waals surface area (Å²) in [7, 11) is -3.84. The van der Waals surface area contributed by atoms with Gasteiger partial charge in [0.2, 0.25) is 0 Å². The zero-order valence-corrected chi connectivity index (χ0v) is 11.9. The molecule has 0 aromatic heterocycles. The highest BCUT2D eigenvalue weighted by Gasteiger charge is 2.37. The number of fused-ring (bicyclic) bond motifs is 1. The van der Waals surface area contributed by atoms with E-state index in [1.807, 2.05) is 0 Å². The molecule has 0 unspecified atom stereocenters. The van der Waals surface area contributed by atoms with E-state index in [2.05, 4.69) is 27.1 Å². The van der Waals surface area contributed by atoms with Gasteiger partial charge in [-0.15, -0.1) is 0 Å². The monoisotopic (exact) mass is 297 g/mol. The molecule has 0 atom stereocenters. The third-order valence-corrected chi connectivity index (χ3v) is 4.25. The molecular formula is C11H11N3O3S2. The maximum atomic E-state index is 12.2. The van der Waals surface area contributed by atoms with Crippen molar-refractivity contribution >= 4 is 44.9 Å². The zero-order chi connectivity index (χ0) is 14.2. The van der Waals surface area contributed by atoms with Crippen LogP contribution in [-0.4, -0.2) is 29.8 Å². The summed E-state index contributed by atoms with van der Waals surface area (Å²) in [6, 6.07) is 4.04. The summed E-state index contributed by atoms with van der Waals surface area (Å²) in [5, 5.41) is 2.20. The molecule has 0 radical (unpaired) electrons. The third kappa shape index (κ3) is 2.37. The molecule has 100 valence electrons. The van der Waals surface area contributed by atoms with Gasteiger partial charge in [-0.05, 0) is 44.3 Å². The van der Waals surface area contributed by atoms with Crippen LogP contribution in [-0.2, 0) is 10.2 Å². The molecule has 0 bridgehead atoms. The van der Waals surface area contributed by atoms with E-state index < -0.39 is 22.2 Å². The summed E-state index contributed by atoms with van der Waals surface area (Å²) in [4.78, 5) is 16.0. The Morgan fingerprint density at radius 2 is 2.11 bits per heavy atom. The average Bonchev–Trinajstić information content (AvgIpc) is 2.29. The van der Waals surface area contributed by atoms with Crippen LogP contribution in [0.25, 0.3) is 0 Å². The molecule has 6 nitrogen and oxygen atoms in total. The number of nitrogens with zero attached hydrogens (tertiary/aromatic N) is 2. The van der Waals surface area contributed by atoms with Gasteiger partial charge in [-0.3, -0.25) is 9.52 Å².